The first kappa shape index (κ1) is 11.1. The average molecular weight is 219 g/mol. The molecular weight excluding hydrogens is 202 g/mol. The summed E-state index contributed by atoms with van der Waals surface area (Å²) in [5.74, 6) is 0.0473. The molecule has 1 heterocycles. The van der Waals surface area contributed by atoms with Crippen molar-refractivity contribution in [1.82, 2.24) is 5.32 Å². The van der Waals surface area contributed by atoms with Crippen LogP contribution in [-0.2, 0) is 17.8 Å². The van der Waals surface area contributed by atoms with Gasteiger partial charge in [0, 0.05) is 18.7 Å². The topological polar surface area (TPSA) is 38.3 Å². The van der Waals surface area contributed by atoms with Crippen LogP contribution in [0.15, 0.2) is 18.2 Å². The maximum atomic E-state index is 11.9. The molecule has 1 aliphatic heterocycles. The lowest BCUT2D eigenvalue weighted by atomic mass is 9.90. The Bertz CT molecular complexity index is 401. The first-order valence-electron chi connectivity index (χ1n) is 5.66. The van der Waals surface area contributed by atoms with Gasteiger partial charge in [-0.05, 0) is 30.0 Å². The smallest absolute Gasteiger partial charge is 0.251 e. The van der Waals surface area contributed by atoms with Gasteiger partial charge in [-0.1, -0.05) is 19.1 Å². The van der Waals surface area contributed by atoms with Crippen LogP contribution in [0.5, 0.6) is 0 Å². The van der Waals surface area contributed by atoms with Crippen molar-refractivity contribution < 1.29 is 9.53 Å². The Labute approximate surface area is 95.8 Å². The zero-order valence-corrected chi connectivity index (χ0v) is 9.75. The van der Waals surface area contributed by atoms with Gasteiger partial charge >= 0.3 is 0 Å². The maximum absolute atomic E-state index is 11.9. The number of carbonyl (C=O) groups excluding carboxylic acids is 1. The number of ether oxygens (including phenoxy) is 1. The number of benzene rings is 1. The number of hydrogen-bond acceptors (Lipinski definition) is 2. The molecule has 0 fully saturated rings. The number of carbonyl (C=O) groups is 1. The molecule has 2 rings (SSSR count). The first-order chi connectivity index (χ1) is 7.76. The van der Waals surface area contributed by atoms with Gasteiger partial charge in [-0.25, -0.2) is 0 Å². The van der Waals surface area contributed by atoms with Crippen molar-refractivity contribution in [3.8, 4) is 0 Å². The highest BCUT2D eigenvalue weighted by Gasteiger charge is 2.24. The van der Waals surface area contributed by atoms with Gasteiger partial charge < -0.3 is 10.1 Å². The summed E-state index contributed by atoms with van der Waals surface area (Å²) in [7, 11) is 1.68. The lowest BCUT2D eigenvalue weighted by Crippen LogP contribution is -2.41. The monoisotopic (exact) mass is 219 g/mol. The second-order valence-electron chi connectivity index (χ2n) is 4.16. The molecule has 0 aromatic heterocycles. The van der Waals surface area contributed by atoms with E-state index in [0.717, 1.165) is 29.5 Å². The Hall–Kier alpha value is -1.35. The van der Waals surface area contributed by atoms with Crippen LogP contribution in [0.25, 0.3) is 0 Å². The number of fused-ring (bicyclic) bond motifs is 1. The number of methoxy groups -OCH3 is 1. The molecule has 86 valence electrons. The van der Waals surface area contributed by atoms with E-state index in [0.29, 0.717) is 6.61 Å². The largest absolute Gasteiger partial charge is 0.380 e. The molecular formula is C13H17NO2. The van der Waals surface area contributed by atoms with Crippen molar-refractivity contribution in [3.05, 3.63) is 34.9 Å². The first-order valence-corrected chi connectivity index (χ1v) is 5.66. The molecule has 0 radical (unpaired) electrons. The molecule has 1 aromatic rings. The minimum atomic E-state index is 0.0473. The lowest BCUT2D eigenvalue weighted by Gasteiger charge is -2.26. The molecule has 1 aromatic carbocycles. The van der Waals surface area contributed by atoms with Gasteiger partial charge in [0.05, 0.1) is 6.61 Å². The standard InChI is InChI=1S/C13H17NO2/c1-3-10-7-12-9(8-16-2)5-4-6-11(12)13(15)14-10/h4-6,10H,3,7-8H2,1-2H3,(H,14,15). The van der Waals surface area contributed by atoms with Crippen molar-refractivity contribution in [1.29, 1.82) is 0 Å². The van der Waals surface area contributed by atoms with Crippen LogP contribution < -0.4 is 5.32 Å². The van der Waals surface area contributed by atoms with Crippen molar-refractivity contribution in [2.45, 2.75) is 32.4 Å². The fraction of sp³-hybridized carbons (Fsp3) is 0.462. The third-order valence-corrected chi connectivity index (χ3v) is 3.10. The van der Waals surface area contributed by atoms with E-state index in [2.05, 4.69) is 12.2 Å². The Morgan fingerprint density at radius 2 is 2.31 bits per heavy atom. The van der Waals surface area contributed by atoms with Crippen molar-refractivity contribution in [3.63, 3.8) is 0 Å². The van der Waals surface area contributed by atoms with E-state index in [1.807, 2.05) is 18.2 Å². The van der Waals surface area contributed by atoms with Gasteiger partial charge in [0.25, 0.3) is 5.91 Å². The van der Waals surface area contributed by atoms with Crippen molar-refractivity contribution in [2.75, 3.05) is 7.11 Å². The maximum Gasteiger partial charge on any atom is 0.251 e. The van der Waals surface area contributed by atoms with E-state index >= 15 is 0 Å². The summed E-state index contributed by atoms with van der Waals surface area (Å²) in [5, 5.41) is 3.01. The van der Waals surface area contributed by atoms with Gasteiger partial charge in [-0.15, -0.1) is 0 Å². The van der Waals surface area contributed by atoms with Gasteiger partial charge in [0.15, 0.2) is 0 Å². The van der Waals surface area contributed by atoms with Crippen molar-refractivity contribution >= 4 is 5.91 Å². The molecule has 1 atom stereocenters. The summed E-state index contributed by atoms with van der Waals surface area (Å²) in [4.78, 5) is 11.9. The van der Waals surface area contributed by atoms with Crippen LogP contribution in [-0.4, -0.2) is 19.1 Å². The molecule has 0 saturated carbocycles. The van der Waals surface area contributed by atoms with E-state index in [1.54, 1.807) is 7.11 Å². The van der Waals surface area contributed by atoms with E-state index in [-0.39, 0.29) is 11.9 Å². The van der Waals surface area contributed by atoms with Gasteiger partial charge in [0.1, 0.15) is 0 Å². The third kappa shape index (κ3) is 1.95. The molecule has 3 heteroatoms. The van der Waals surface area contributed by atoms with Crippen LogP contribution in [0, 0.1) is 0 Å². The normalized spacial score (nSPS) is 19.1. The Morgan fingerprint density at radius 3 is 3.00 bits per heavy atom. The van der Waals surface area contributed by atoms with Crippen LogP contribution in [0.2, 0.25) is 0 Å². The fourth-order valence-corrected chi connectivity index (χ4v) is 2.19. The summed E-state index contributed by atoms with van der Waals surface area (Å²) in [6, 6.07) is 6.10. The van der Waals surface area contributed by atoms with Gasteiger partial charge in [0.2, 0.25) is 0 Å². The minimum Gasteiger partial charge on any atom is -0.380 e. The molecule has 0 aliphatic carbocycles. The van der Waals surface area contributed by atoms with E-state index in [9.17, 15) is 4.79 Å². The highest BCUT2D eigenvalue weighted by molar-refractivity contribution is 5.97. The summed E-state index contributed by atoms with van der Waals surface area (Å²) in [5.41, 5.74) is 3.09. The quantitative estimate of drug-likeness (QED) is 0.843. The fourth-order valence-electron chi connectivity index (χ4n) is 2.19. The Kier molecular flexibility index (Phi) is 3.25. The minimum absolute atomic E-state index is 0.0473. The molecule has 3 nitrogen and oxygen atoms in total. The van der Waals surface area contributed by atoms with E-state index in [4.69, 9.17) is 4.74 Å². The molecule has 0 saturated heterocycles. The van der Waals surface area contributed by atoms with Gasteiger partial charge in [-0.2, -0.15) is 0 Å². The van der Waals surface area contributed by atoms with Crippen LogP contribution in [0.3, 0.4) is 0 Å². The molecule has 1 amide bonds. The predicted molar refractivity (Wildman–Crippen MR) is 62.4 cm³/mol. The molecule has 1 unspecified atom stereocenters. The predicted octanol–water partition coefficient (Wildman–Crippen LogP) is 1.90. The van der Waals surface area contributed by atoms with Crippen LogP contribution in [0.1, 0.15) is 34.8 Å². The van der Waals surface area contributed by atoms with Crippen LogP contribution >= 0.6 is 0 Å². The van der Waals surface area contributed by atoms with E-state index < -0.39 is 0 Å². The number of nitrogens with one attached hydrogen (secondary N) is 1. The molecule has 0 spiro atoms. The zero-order valence-electron chi connectivity index (χ0n) is 9.75. The summed E-state index contributed by atoms with van der Waals surface area (Å²) in [6.07, 6.45) is 1.88. The number of hydrogen-bond donors (Lipinski definition) is 1. The second kappa shape index (κ2) is 4.66. The van der Waals surface area contributed by atoms with E-state index in [1.165, 1.54) is 0 Å². The number of rotatable bonds is 3. The highest BCUT2D eigenvalue weighted by Crippen LogP contribution is 2.22. The third-order valence-electron chi connectivity index (χ3n) is 3.10. The molecule has 1 aliphatic rings. The summed E-state index contributed by atoms with van der Waals surface area (Å²) in [6.45, 7) is 2.67. The summed E-state index contributed by atoms with van der Waals surface area (Å²) < 4.78 is 5.17. The highest BCUT2D eigenvalue weighted by atomic mass is 16.5. The Morgan fingerprint density at radius 1 is 1.50 bits per heavy atom. The summed E-state index contributed by atoms with van der Waals surface area (Å²) >= 11 is 0. The molecule has 1 N–H and O–H groups in total. The van der Waals surface area contributed by atoms with Gasteiger partial charge in [-0.3, -0.25) is 4.79 Å². The second-order valence-corrected chi connectivity index (χ2v) is 4.16. The molecule has 16 heavy (non-hydrogen) atoms. The average Bonchev–Trinajstić information content (AvgIpc) is 2.30. The van der Waals surface area contributed by atoms with Crippen LogP contribution in [0.4, 0.5) is 0 Å². The van der Waals surface area contributed by atoms with Crippen molar-refractivity contribution in [2.24, 2.45) is 0 Å². The molecule has 0 bridgehead atoms. The SMILES string of the molecule is CCC1Cc2c(COC)cccc2C(=O)N1. The Balaban J connectivity index is 2.39. The zero-order chi connectivity index (χ0) is 11.5. The lowest BCUT2D eigenvalue weighted by molar-refractivity contribution is 0.0923. The number of amides is 1.